The SMILES string of the molecule is O=C1CCC(c2ccccc2CN2CCN(C(=O)c3cc(Cc4n[nH]c(=O)c5ccccc45)ccc3F)CC2)C(=O)N1. The van der Waals surface area contributed by atoms with Crippen molar-refractivity contribution in [3.63, 3.8) is 0 Å². The number of hydrogen-bond acceptors (Lipinski definition) is 6. The minimum atomic E-state index is -0.580. The monoisotopic (exact) mass is 567 g/mol. The van der Waals surface area contributed by atoms with Crippen LogP contribution in [0.4, 0.5) is 4.39 Å². The number of H-pyrrole nitrogens is 1. The van der Waals surface area contributed by atoms with E-state index in [0.29, 0.717) is 74.0 Å². The van der Waals surface area contributed by atoms with E-state index in [-0.39, 0.29) is 34.8 Å². The minimum absolute atomic E-state index is 0.0119. The fraction of sp³-hybridized carbons (Fsp3) is 0.281. The number of aromatic nitrogens is 2. The molecule has 10 heteroatoms. The quantitative estimate of drug-likeness (QED) is 0.346. The Balaban J connectivity index is 1.13. The fourth-order valence-electron chi connectivity index (χ4n) is 5.87. The maximum atomic E-state index is 14.9. The number of piperazine rings is 1. The van der Waals surface area contributed by atoms with E-state index >= 15 is 0 Å². The molecule has 1 atom stereocenters. The number of nitrogens with zero attached hydrogens (tertiary/aromatic N) is 3. The third-order valence-corrected chi connectivity index (χ3v) is 8.13. The number of carbonyl (C=O) groups excluding carboxylic acids is 3. The smallest absolute Gasteiger partial charge is 0.272 e. The molecule has 2 fully saturated rings. The highest BCUT2D eigenvalue weighted by Gasteiger charge is 2.30. The van der Waals surface area contributed by atoms with Crippen LogP contribution in [0.15, 0.2) is 71.5 Å². The predicted molar refractivity (Wildman–Crippen MR) is 154 cm³/mol. The zero-order chi connectivity index (χ0) is 29.2. The number of amides is 3. The average Bonchev–Trinajstić information content (AvgIpc) is 3.00. The molecule has 0 saturated carbocycles. The first kappa shape index (κ1) is 27.5. The summed E-state index contributed by atoms with van der Waals surface area (Å²) in [6.07, 6.45) is 1.14. The fourth-order valence-corrected chi connectivity index (χ4v) is 5.87. The van der Waals surface area contributed by atoms with Gasteiger partial charge in [0, 0.05) is 51.0 Å². The van der Waals surface area contributed by atoms with Gasteiger partial charge in [0.15, 0.2) is 0 Å². The lowest BCUT2D eigenvalue weighted by molar-refractivity contribution is -0.134. The number of nitrogens with one attached hydrogen (secondary N) is 2. The maximum absolute atomic E-state index is 14.9. The number of rotatable bonds is 6. The largest absolute Gasteiger partial charge is 0.336 e. The lowest BCUT2D eigenvalue weighted by Gasteiger charge is -2.35. The highest BCUT2D eigenvalue weighted by atomic mass is 19.1. The first-order valence-electron chi connectivity index (χ1n) is 14.0. The Kier molecular flexibility index (Phi) is 7.62. The summed E-state index contributed by atoms with van der Waals surface area (Å²) in [5.74, 6) is -1.80. The Bertz CT molecular complexity index is 1740. The second-order valence-corrected chi connectivity index (χ2v) is 10.8. The van der Waals surface area contributed by atoms with Gasteiger partial charge in [0.25, 0.3) is 11.5 Å². The van der Waals surface area contributed by atoms with Crippen molar-refractivity contribution >= 4 is 28.5 Å². The molecule has 0 spiro atoms. The minimum Gasteiger partial charge on any atom is -0.336 e. The van der Waals surface area contributed by atoms with E-state index in [0.717, 1.165) is 11.1 Å². The van der Waals surface area contributed by atoms with E-state index in [1.165, 1.54) is 6.07 Å². The number of carbonyl (C=O) groups is 3. The summed E-state index contributed by atoms with van der Waals surface area (Å²) in [5.41, 5.74) is 3.04. The van der Waals surface area contributed by atoms with Crippen molar-refractivity contribution in [2.24, 2.45) is 0 Å². The van der Waals surface area contributed by atoms with Gasteiger partial charge in [0.1, 0.15) is 5.82 Å². The number of benzene rings is 3. The number of imide groups is 1. The van der Waals surface area contributed by atoms with Crippen LogP contribution in [0.25, 0.3) is 10.8 Å². The van der Waals surface area contributed by atoms with E-state index in [1.807, 2.05) is 36.4 Å². The van der Waals surface area contributed by atoms with Crippen LogP contribution in [0, 0.1) is 5.82 Å². The third-order valence-electron chi connectivity index (χ3n) is 8.13. The van der Waals surface area contributed by atoms with E-state index in [1.54, 1.807) is 29.2 Å². The molecule has 3 amide bonds. The lowest BCUT2D eigenvalue weighted by Crippen LogP contribution is -2.48. The topological polar surface area (TPSA) is 115 Å². The molecule has 6 rings (SSSR count). The lowest BCUT2D eigenvalue weighted by atomic mass is 9.87. The molecule has 0 bridgehead atoms. The Morgan fingerprint density at radius 1 is 0.929 bits per heavy atom. The molecule has 9 nitrogen and oxygen atoms in total. The van der Waals surface area contributed by atoms with Crippen molar-refractivity contribution in [3.8, 4) is 0 Å². The van der Waals surface area contributed by atoms with Crippen molar-refractivity contribution in [2.45, 2.75) is 31.7 Å². The number of hydrogen-bond donors (Lipinski definition) is 2. The molecule has 4 aromatic rings. The van der Waals surface area contributed by atoms with Crippen molar-refractivity contribution in [1.29, 1.82) is 0 Å². The van der Waals surface area contributed by atoms with E-state index in [4.69, 9.17) is 0 Å². The summed E-state index contributed by atoms with van der Waals surface area (Å²) in [4.78, 5) is 53.5. The number of fused-ring (bicyclic) bond motifs is 1. The standard InChI is InChI=1S/C32H30FN5O4/c33-27-11-9-20(18-28-23-7-3-4-8-24(23)31(41)36-35-28)17-26(27)32(42)38-15-13-37(14-16-38)19-21-5-1-2-6-22(21)25-10-12-29(39)34-30(25)40/h1-9,11,17,25H,10,12-16,18-19H2,(H,36,41)(H,34,39,40). The summed E-state index contributed by atoms with van der Waals surface area (Å²) >= 11 is 0. The molecule has 2 aliphatic heterocycles. The van der Waals surface area contributed by atoms with Crippen molar-refractivity contribution in [3.05, 3.63) is 111 Å². The molecular formula is C32H30FN5O4. The molecule has 2 saturated heterocycles. The molecule has 214 valence electrons. The first-order valence-corrected chi connectivity index (χ1v) is 14.0. The molecule has 42 heavy (non-hydrogen) atoms. The number of aromatic amines is 1. The molecule has 3 heterocycles. The third kappa shape index (κ3) is 5.58. The Morgan fingerprint density at radius 2 is 1.67 bits per heavy atom. The molecule has 0 radical (unpaired) electrons. The van der Waals surface area contributed by atoms with Crippen molar-refractivity contribution in [1.82, 2.24) is 25.3 Å². The van der Waals surface area contributed by atoms with Gasteiger partial charge in [0.2, 0.25) is 11.8 Å². The highest BCUT2D eigenvalue weighted by molar-refractivity contribution is 6.01. The van der Waals surface area contributed by atoms with E-state index < -0.39 is 5.82 Å². The predicted octanol–water partition coefficient (Wildman–Crippen LogP) is 3.13. The van der Waals surface area contributed by atoms with Crippen LogP contribution in [-0.4, -0.2) is 63.9 Å². The molecular weight excluding hydrogens is 537 g/mol. The van der Waals surface area contributed by atoms with Gasteiger partial charge in [-0.2, -0.15) is 5.10 Å². The second kappa shape index (κ2) is 11.7. The summed E-state index contributed by atoms with van der Waals surface area (Å²) in [6, 6.07) is 19.5. The van der Waals surface area contributed by atoms with E-state index in [2.05, 4.69) is 20.4 Å². The number of halogens is 1. The first-order chi connectivity index (χ1) is 20.4. The molecule has 0 aliphatic carbocycles. The van der Waals surface area contributed by atoms with Gasteiger partial charge in [-0.3, -0.25) is 29.4 Å². The van der Waals surface area contributed by atoms with Crippen LogP contribution in [0.2, 0.25) is 0 Å². The van der Waals surface area contributed by atoms with Crippen molar-refractivity contribution in [2.75, 3.05) is 26.2 Å². The van der Waals surface area contributed by atoms with Gasteiger partial charge < -0.3 is 4.90 Å². The molecule has 1 unspecified atom stereocenters. The normalized spacial score (nSPS) is 17.8. The summed E-state index contributed by atoms with van der Waals surface area (Å²) < 4.78 is 14.9. The molecule has 2 aliphatic rings. The van der Waals surface area contributed by atoms with Crippen LogP contribution in [0.5, 0.6) is 0 Å². The molecule has 1 aromatic heterocycles. The van der Waals surface area contributed by atoms with Crippen LogP contribution in [0.3, 0.4) is 0 Å². The van der Waals surface area contributed by atoms with Gasteiger partial charge in [-0.15, -0.1) is 0 Å². The van der Waals surface area contributed by atoms with Gasteiger partial charge in [0.05, 0.1) is 22.6 Å². The van der Waals surface area contributed by atoms with E-state index in [9.17, 15) is 23.6 Å². The average molecular weight is 568 g/mol. The zero-order valence-corrected chi connectivity index (χ0v) is 22.9. The summed E-state index contributed by atoms with van der Waals surface area (Å²) in [7, 11) is 0. The summed E-state index contributed by atoms with van der Waals surface area (Å²) in [5, 5.41) is 10.4. The Hall–Kier alpha value is -4.70. The van der Waals surface area contributed by atoms with Gasteiger partial charge in [-0.05, 0) is 41.3 Å². The van der Waals surface area contributed by atoms with Crippen LogP contribution in [-0.2, 0) is 22.6 Å². The Labute approximate surface area is 241 Å². The van der Waals surface area contributed by atoms with Crippen molar-refractivity contribution < 1.29 is 18.8 Å². The van der Waals surface area contributed by atoms with Gasteiger partial charge in [-0.25, -0.2) is 9.49 Å². The summed E-state index contributed by atoms with van der Waals surface area (Å²) in [6.45, 7) is 2.69. The van der Waals surface area contributed by atoms with Gasteiger partial charge in [-0.1, -0.05) is 48.5 Å². The molecule has 3 aromatic carbocycles. The number of piperidine rings is 1. The zero-order valence-electron chi connectivity index (χ0n) is 22.9. The van der Waals surface area contributed by atoms with Crippen LogP contribution < -0.4 is 10.9 Å². The Morgan fingerprint density at radius 3 is 2.45 bits per heavy atom. The van der Waals surface area contributed by atoms with Crippen LogP contribution >= 0.6 is 0 Å². The highest BCUT2D eigenvalue weighted by Crippen LogP contribution is 2.29. The second-order valence-electron chi connectivity index (χ2n) is 10.8. The van der Waals surface area contributed by atoms with Gasteiger partial charge >= 0.3 is 0 Å². The van der Waals surface area contributed by atoms with Crippen LogP contribution in [0.1, 0.15) is 51.5 Å². The maximum Gasteiger partial charge on any atom is 0.272 e. The molecule has 2 N–H and O–H groups in total.